The van der Waals surface area contributed by atoms with Crippen molar-refractivity contribution in [2.45, 2.75) is 75.5 Å². The summed E-state index contributed by atoms with van der Waals surface area (Å²) < 4.78 is 0. The first kappa shape index (κ1) is 90.8. The Kier molecular flexibility index (Phi) is 123. The van der Waals surface area contributed by atoms with E-state index < -0.39 is 75.5 Å². The molecule has 0 amide bonds. The SMILES string of the molecule is O.O.O.O.OC(O)C(O)O.OC(O)C(O)O.OC(O)C(O)O.OC(O)C(O)O.OC(O)C(O)O.OC(O)C(O)O.[Ru].[Ru].[Ru].[Ru]. The van der Waals surface area contributed by atoms with Gasteiger partial charge in [0.25, 0.3) is 0 Å². The van der Waals surface area contributed by atoms with Crippen LogP contribution in [0.25, 0.3) is 0 Å². The van der Waals surface area contributed by atoms with Gasteiger partial charge in [0.2, 0.25) is 75.5 Å². The van der Waals surface area contributed by atoms with Crippen molar-refractivity contribution in [1.82, 2.24) is 0 Å². The molecule has 0 rings (SSSR count). The van der Waals surface area contributed by atoms with Crippen molar-refractivity contribution in [1.29, 1.82) is 0 Å². The van der Waals surface area contributed by atoms with Crippen molar-refractivity contribution in [3.63, 3.8) is 0 Å². The Morgan fingerprint density at radius 1 is 0.136 bits per heavy atom. The van der Waals surface area contributed by atoms with E-state index in [1.165, 1.54) is 0 Å². The van der Waals surface area contributed by atoms with Gasteiger partial charge in [0, 0.05) is 77.9 Å². The van der Waals surface area contributed by atoms with E-state index >= 15 is 0 Å². The molecule has 0 aromatic heterocycles. The minimum Gasteiger partial charge on any atom is -0.412 e. The van der Waals surface area contributed by atoms with Crippen molar-refractivity contribution in [3.05, 3.63) is 0 Å². The topological polar surface area (TPSA) is 612 Å². The van der Waals surface area contributed by atoms with Gasteiger partial charge >= 0.3 is 0 Å². The molecule has 0 spiro atoms. The predicted octanol–water partition coefficient (Wildman–Crippen LogP) is -17.7. The Balaban J connectivity index is -0.0000000197. The second-order valence-electron chi connectivity index (χ2n) is 4.96. The molecule has 0 unspecified atom stereocenters. The molecule has 0 aliphatic heterocycles. The zero-order valence-electron chi connectivity index (χ0n) is 21.1. The van der Waals surface area contributed by atoms with Crippen LogP contribution in [0.2, 0.25) is 0 Å². The molecule has 0 aliphatic carbocycles. The van der Waals surface area contributed by atoms with E-state index in [1.54, 1.807) is 0 Å². The van der Waals surface area contributed by atoms with Gasteiger partial charge in [-0.2, -0.15) is 0 Å². The molecule has 0 aliphatic rings. The third-order valence-electron chi connectivity index (χ3n) is 1.60. The van der Waals surface area contributed by atoms with Gasteiger partial charge in [-0.05, 0) is 0 Å². The molecular formula is C12H44O28Ru4. The summed E-state index contributed by atoms with van der Waals surface area (Å²) in [5, 5.41) is 184. The maximum absolute atomic E-state index is 7.69. The van der Waals surface area contributed by atoms with Crippen molar-refractivity contribution in [2.24, 2.45) is 0 Å². The summed E-state index contributed by atoms with van der Waals surface area (Å²) in [4.78, 5) is 0. The molecule has 0 saturated carbocycles. The van der Waals surface area contributed by atoms with E-state index in [9.17, 15) is 0 Å². The number of hydrogen-bond donors (Lipinski definition) is 24. The predicted molar refractivity (Wildman–Crippen MR) is 113 cm³/mol. The molecule has 292 valence electrons. The normalized spacial score (nSPS) is 9.00. The minimum absolute atomic E-state index is 0. The van der Waals surface area contributed by atoms with E-state index in [2.05, 4.69) is 0 Å². The van der Waals surface area contributed by atoms with Gasteiger partial charge in [-0.25, -0.2) is 0 Å². The molecule has 32 heteroatoms. The summed E-state index contributed by atoms with van der Waals surface area (Å²) in [6.07, 6.45) is -24.4. The van der Waals surface area contributed by atoms with E-state index in [1.807, 2.05) is 0 Å². The third-order valence-corrected chi connectivity index (χ3v) is 1.60. The fourth-order valence-corrected chi connectivity index (χ4v) is 0. The van der Waals surface area contributed by atoms with Gasteiger partial charge < -0.3 is 144 Å². The van der Waals surface area contributed by atoms with Gasteiger partial charge in [-0.15, -0.1) is 0 Å². The van der Waals surface area contributed by atoms with Gasteiger partial charge in [-0.1, -0.05) is 0 Å². The van der Waals surface area contributed by atoms with E-state index in [-0.39, 0.29) is 99.8 Å². The average Bonchev–Trinajstić information content (AvgIpc) is 2.69. The quantitative estimate of drug-likeness (QED) is 0.0867. The molecule has 0 saturated heterocycles. The second kappa shape index (κ2) is 59.8. The zero-order chi connectivity index (χ0) is 30.9. The Morgan fingerprint density at radius 3 is 0.159 bits per heavy atom. The maximum Gasteiger partial charge on any atom is 0.204 e. The van der Waals surface area contributed by atoms with Gasteiger partial charge in [0.15, 0.2) is 0 Å². The van der Waals surface area contributed by atoms with Crippen molar-refractivity contribution < 1.29 is 222 Å². The zero-order valence-corrected chi connectivity index (χ0v) is 28.0. The Bertz CT molecular complexity index is 274. The molecule has 0 heterocycles. The largest absolute Gasteiger partial charge is 0.412 e. The Hall–Kier alpha value is 1.37. The maximum atomic E-state index is 7.69. The molecule has 0 aromatic carbocycles. The first-order chi connectivity index (χ1) is 15.9. The molecular weight excluding hydrogens is 996 g/mol. The standard InChI is InChI=1S/6C2H6O4.4H2O.4Ru/c6*3-1(4)2(5)6;;;;;;;;/h6*1-6H;4*1H2;;;;. The molecule has 32 N–H and O–H groups in total. The third kappa shape index (κ3) is 121. The molecule has 0 bridgehead atoms. The van der Waals surface area contributed by atoms with Crippen LogP contribution in [-0.4, -0.2) is 220 Å². The van der Waals surface area contributed by atoms with Crippen LogP contribution in [0.15, 0.2) is 0 Å². The summed E-state index contributed by atoms with van der Waals surface area (Å²) in [5.41, 5.74) is 0. The smallest absolute Gasteiger partial charge is 0.204 e. The van der Waals surface area contributed by atoms with Crippen LogP contribution in [-0.2, 0) is 77.9 Å². The molecule has 0 aromatic rings. The average molecular weight is 1040 g/mol. The van der Waals surface area contributed by atoms with Crippen molar-refractivity contribution >= 4 is 0 Å². The van der Waals surface area contributed by atoms with Gasteiger partial charge in [-0.3, -0.25) is 0 Å². The van der Waals surface area contributed by atoms with Crippen LogP contribution < -0.4 is 0 Å². The summed E-state index contributed by atoms with van der Waals surface area (Å²) in [7, 11) is 0. The molecule has 0 radical (unpaired) electrons. The monoisotopic (exact) mass is 1040 g/mol. The van der Waals surface area contributed by atoms with E-state index in [0.29, 0.717) is 0 Å². The van der Waals surface area contributed by atoms with Gasteiger partial charge in [0.05, 0.1) is 0 Å². The van der Waals surface area contributed by atoms with Crippen LogP contribution in [0.1, 0.15) is 0 Å². The van der Waals surface area contributed by atoms with Crippen LogP contribution in [0.4, 0.5) is 0 Å². The molecule has 0 atom stereocenters. The molecule has 44 heavy (non-hydrogen) atoms. The van der Waals surface area contributed by atoms with Crippen LogP contribution in [0.3, 0.4) is 0 Å². The number of aliphatic hydroxyl groups is 24. The van der Waals surface area contributed by atoms with E-state index in [4.69, 9.17) is 123 Å². The minimum atomic E-state index is -2.04. The Labute approximate surface area is 296 Å². The number of hydrogen-bond acceptors (Lipinski definition) is 24. The molecule has 0 fully saturated rings. The van der Waals surface area contributed by atoms with Gasteiger partial charge in [0.1, 0.15) is 0 Å². The number of aliphatic hydroxyl groups excluding tert-OH is 12. The fourth-order valence-electron chi connectivity index (χ4n) is 0. The van der Waals surface area contributed by atoms with Crippen molar-refractivity contribution in [3.8, 4) is 0 Å². The van der Waals surface area contributed by atoms with Crippen LogP contribution >= 0.6 is 0 Å². The first-order valence-electron chi connectivity index (χ1n) is 8.20. The van der Waals surface area contributed by atoms with E-state index in [0.717, 1.165) is 0 Å². The fraction of sp³-hybridized carbons (Fsp3) is 1.00. The van der Waals surface area contributed by atoms with Crippen LogP contribution in [0.5, 0.6) is 0 Å². The second-order valence-corrected chi connectivity index (χ2v) is 4.96. The Morgan fingerprint density at radius 2 is 0.159 bits per heavy atom. The summed E-state index contributed by atoms with van der Waals surface area (Å²) in [5.74, 6) is 0. The first-order valence-corrected chi connectivity index (χ1v) is 8.20. The van der Waals surface area contributed by atoms with Crippen LogP contribution in [0, 0.1) is 0 Å². The summed E-state index contributed by atoms with van der Waals surface area (Å²) in [6, 6.07) is 0. The summed E-state index contributed by atoms with van der Waals surface area (Å²) >= 11 is 0. The number of rotatable bonds is 6. The van der Waals surface area contributed by atoms with Crippen molar-refractivity contribution in [2.75, 3.05) is 0 Å². The summed E-state index contributed by atoms with van der Waals surface area (Å²) in [6.45, 7) is 0. The molecule has 28 nitrogen and oxygen atoms in total.